The van der Waals surface area contributed by atoms with Gasteiger partial charge in [-0.25, -0.2) is 0 Å². The fourth-order valence-corrected chi connectivity index (χ4v) is 5.39. The van der Waals surface area contributed by atoms with E-state index in [1.165, 1.54) is 12.1 Å². The first kappa shape index (κ1) is 25.0. The SMILES string of the molecule is Cc1cc(-c2cccc3c(C)c[nH]c23)c(C#Cc2ccc(C(F)(F)F)cc2)c2c1NC(C)(C)[C@@H](O)[C@@H]2C. The Labute approximate surface area is 214 Å². The number of aryl methyl sites for hydroxylation is 2. The summed E-state index contributed by atoms with van der Waals surface area (Å²) in [6.45, 7) is 10.0. The minimum absolute atomic E-state index is 0.216. The van der Waals surface area contributed by atoms with Gasteiger partial charge in [0.1, 0.15) is 0 Å². The number of benzene rings is 3. The first-order valence-electron chi connectivity index (χ1n) is 12.3. The number of aromatic nitrogens is 1. The Morgan fingerprint density at radius 2 is 1.65 bits per heavy atom. The molecule has 0 saturated carbocycles. The number of hydrogen-bond donors (Lipinski definition) is 3. The molecule has 1 aromatic heterocycles. The fraction of sp³-hybridized carbons (Fsp3) is 0.290. The van der Waals surface area contributed by atoms with Gasteiger partial charge in [0.2, 0.25) is 0 Å². The summed E-state index contributed by atoms with van der Waals surface area (Å²) in [4.78, 5) is 3.39. The summed E-state index contributed by atoms with van der Waals surface area (Å²) < 4.78 is 39.1. The third-order valence-corrected chi connectivity index (χ3v) is 7.44. The van der Waals surface area contributed by atoms with Crippen molar-refractivity contribution in [3.8, 4) is 23.0 Å². The van der Waals surface area contributed by atoms with Gasteiger partial charge in [0.15, 0.2) is 0 Å². The van der Waals surface area contributed by atoms with Crippen molar-refractivity contribution in [3.05, 3.63) is 88.1 Å². The average molecular weight is 503 g/mol. The van der Waals surface area contributed by atoms with Crippen LogP contribution in [0.2, 0.25) is 0 Å². The number of halogens is 3. The zero-order valence-corrected chi connectivity index (χ0v) is 21.4. The molecule has 0 unspecified atom stereocenters. The van der Waals surface area contributed by atoms with Crippen molar-refractivity contribution in [2.24, 2.45) is 0 Å². The monoisotopic (exact) mass is 502 g/mol. The number of H-pyrrole nitrogens is 1. The molecule has 3 nitrogen and oxygen atoms in total. The number of fused-ring (bicyclic) bond motifs is 2. The van der Waals surface area contributed by atoms with Gasteiger partial charge in [0, 0.05) is 45.4 Å². The van der Waals surface area contributed by atoms with Crippen molar-refractivity contribution in [1.82, 2.24) is 4.98 Å². The Morgan fingerprint density at radius 3 is 2.32 bits per heavy atom. The standard InChI is InChI=1S/C31H29F3N2O/c1-17-15-25(24-8-6-7-22-18(2)16-35-28(22)24)23(26-19(3)29(37)30(4,5)36-27(17)26)14-11-20-9-12-21(13-10-20)31(32,33)34/h6-10,12-13,15-16,19,29,35-37H,1-5H3/t19-,29+/m1/s1. The van der Waals surface area contributed by atoms with Crippen LogP contribution >= 0.6 is 0 Å². The van der Waals surface area contributed by atoms with E-state index in [0.29, 0.717) is 5.56 Å². The van der Waals surface area contributed by atoms with E-state index < -0.39 is 23.4 Å². The number of alkyl halides is 3. The smallest absolute Gasteiger partial charge is 0.390 e. The van der Waals surface area contributed by atoms with Crippen molar-refractivity contribution >= 4 is 16.6 Å². The number of aromatic amines is 1. The van der Waals surface area contributed by atoms with Crippen LogP contribution in [-0.2, 0) is 6.18 Å². The van der Waals surface area contributed by atoms with Crippen LogP contribution in [0.5, 0.6) is 0 Å². The first-order chi connectivity index (χ1) is 17.4. The molecule has 3 N–H and O–H groups in total. The molecule has 0 amide bonds. The van der Waals surface area contributed by atoms with Gasteiger partial charge >= 0.3 is 6.18 Å². The number of para-hydroxylation sites is 1. The predicted molar refractivity (Wildman–Crippen MR) is 143 cm³/mol. The van der Waals surface area contributed by atoms with Crippen LogP contribution in [0.1, 0.15) is 60.1 Å². The molecule has 4 aromatic rings. The number of aliphatic hydroxyl groups is 1. The van der Waals surface area contributed by atoms with Crippen LogP contribution in [-0.4, -0.2) is 21.7 Å². The van der Waals surface area contributed by atoms with Crippen LogP contribution in [0, 0.1) is 25.7 Å². The molecule has 0 radical (unpaired) electrons. The van der Waals surface area contributed by atoms with Crippen molar-refractivity contribution in [3.63, 3.8) is 0 Å². The largest absolute Gasteiger partial charge is 0.416 e. The molecule has 5 rings (SSSR count). The third kappa shape index (κ3) is 4.28. The topological polar surface area (TPSA) is 48.0 Å². The van der Waals surface area contributed by atoms with Crippen LogP contribution in [0.15, 0.2) is 54.7 Å². The van der Waals surface area contributed by atoms with E-state index >= 15 is 0 Å². The lowest BCUT2D eigenvalue weighted by Gasteiger charge is -2.43. The van der Waals surface area contributed by atoms with E-state index in [0.717, 1.165) is 62.1 Å². The fourth-order valence-electron chi connectivity index (χ4n) is 5.39. The van der Waals surface area contributed by atoms with Crippen LogP contribution in [0.25, 0.3) is 22.0 Å². The molecule has 1 aliphatic heterocycles. The molecule has 0 aliphatic carbocycles. The summed E-state index contributed by atoms with van der Waals surface area (Å²) in [6.07, 6.45) is -3.08. The molecule has 0 spiro atoms. The summed E-state index contributed by atoms with van der Waals surface area (Å²) in [7, 11) is 0. The zero-order chi connectivity index (χ0) is 26.7. The molecule has 0 bridgehead atoms. The summed E-state index contributed by atoms with van der Waals surface area (Å²) in [5, 5.41) is 15.8. The van der Waals surface area contributed by atoms with Crippen LogP contribution < -0.4 is 5.32 Å². The van der Waals surface area contributed by atoms with Crippen molar-refractivity contribution in [2.75, 3.05) is 5.32 Å². The highest BCUT2D eigenvalue weighted by atomic mass is 19.4. The van der Waals surface area contributed by atoms with Gasteiger partial charge in [-0.3, -0.25) is 0 Å². The van der Waals surface area contributed by atoms with Gasteiger partial charge in [-0.05, 0) is 74.7 Å². The Kier molecular flexibility index (Phi) is 5.88. The van der Waals surface area contributed by atoms with Gasteiger partial charge < -0.3 is 15.4 Å². The average Bonchev–Trinajstić information content (AvgIpc) is 3.23. The lowest BCUT2D eigenvalue weighted by molar-refractivity contribution is -0.137. The molecular formula is C31H29F3N2O. The second-order valence-corrected chi connectivity index (χ2v) is 10.5. The molecule has 2 atom stereocenters. The predicted octanol–water partition coefficient (Wildman–Crippen LogP) is 7.54. The maximum atomic E-state index is 13.0. The molecule has 190 valence electrons. The van der Waals surface area contributed by atoms with Crippen molar-refractivity contribution < 1.29 is 18.3 Å². The summed E-state index contributed by atoms with van der Waals surface area (Å²) in [5.74, 6) is 6.17. The van der Waals surface area contributed by atoms with Gasteiger partial charge in [-0.15, -0.1) is 0 Å². The lowest BCUT2D eigenvalue weighted by atomic mass is 9.75. The molecular weight excluding hydrogens is 473 g/mol. The number of nitrogens with one attached hydrogen (secondary N) is 2. The number of anilines is 1. The maximum Gasteiger partial charge on any atom is 0.416 e. The minimum atomic E-state index is -4.40. The molecule has 1 aliphatic rings. The third-order valence-electron chi connectivity index (χ3n) is 7.44. The molecule has 37 heavy (non-hydrogen) atoms. The van der Waals surface area contributed by atoms with E-state index in [2.05, 4.69) is 41.2 Å². The molecule has 2 heterocycles. The highest BCUT2D eigenvalue weighted by Crippen LogP contribution is 2.46. The Hall–Kier alpha value is -3.69. The molecule has 6 heteroatoms. The molecule has 0 saturated heterocycles. The van der Waals surface area contributed by atoms with Gasteiger partial charge in [0.05, 0.1) is 22.7 Å². The van der Waals surface area contributed by atoms with E-state index in [1.54, 1.807) is 0 Å². The van der Waals surface area contributed by atoms with Crippen LogP contribution in [0.3, 0.4) is 0 Å². The number of rotatable bonds is 1. The summed E-state index contributed by atoms with van der Waals surface area (Å²) >= 11 is 0. The Morgan fingerprint density at radius 1 is 0.946 bits per heavy atom. The number of aliphatic hydroxyl groups excluding tert-OH is 1. The minimum Gasteiger partial charge on any atom is -0.390 e. The zero-order valence-electron chi connectivity index (χ0n) is 21.4. The summed E-state index contributed by atoms with van der Waals surface area (Å²) in [5.41, 5.74) is 6.94. The summed E-state index contributed by atoms with van der Waals surface area (Å²) in [6, 6.07) is 13.1. The number of hydrogen-bond acceptors (Lipinski definition) is 2. The normalized spacial score (nSPS) is 18.6. The molecule has 0 fully saturated rings. The van der Waals surface area contributed by atoms with Crippen molar-refractivity contribution in [1.29, 1.82) is 0 Å². The molecule has 3 aromatic carbocycles. The Balaban J connectivity index is 1.76. The van der Waals surface area contributed by atoms with E-state index in [-0.39, 0.29) is 5.92 Å². The maximum absolute atomic E-state index is 13.0. The van der Waals surface area contributed by atoms with Crippen LogP contribution in [0.4, 0.5) is 18.9 Å². The second-order valence-electron chi connectivity index (χ2n) is 10.5. The van der Waals surface area contributed by atoms with E-state index in [9.17, 15) is 18.3 Å². The second kappa shape index (κ2) is 8.71. The van der Waals surface area contributed by atoms with Gasteiger partial charge in [-0.2, -0.15) is 13.2 Å². The highest BCUT2D eigenvalue weighted by Gasteiger charge is 2.41. The quantitative estimate of drug-likeness (QED) is 0.236. The Bertz CT molecular complexity index is 1570. The lowest BCUT2D eigenvalue weighted by Crippen LogP contribution is -2.50. The first-order valence-corrected chi connectivity index (χ1v) is 12.3. The highest BCUT2D eigenvalue weighted by molar-refractivity contribution is 5.98. The van der Waals surface area contributed by atoms with E-state index in [1.807, 2.05) is 46.0 Å². The van der Waals surface area contributed by atoms with Gasteiger partial charge in [0.25, 0.3) is 0 Å². The van der Waals surface area contributed by atoms with E-state index in [4.69, 9.17) is 0 Å². The van der Waals surface area contributed by atoms with Gasteiger partial charge in [-0.1, -0.05) is 37.0 Å². The van der Waals surface area contributed by atoms with Crippen molar-refractivity contribution in [2.45, 2.75) is 58.4 Å².